The van der Waals surface area contributed by atoms with Crippen LogP contribution in [0.1, 0.15) is 0 Å². The van der Waals surface area contributed by atoms with E-state index in [1.54, 1.807) is 0 Å². The van der Waals surface area contributed by atoms with Crippen LogP contribution in [0.2, 0.25) is 0 Å². The Morgan fingerprint density at radius 1 is 0.269 bits per heavy atom. The Kier molecular flexibility index (Phi) is 12.6. The average molecular weight is 1220 g/mol. The summed E-state index contributed by atoms with van der Waals surface area (Å²) < 4.78 is 2.46. The van der Waals surface area contributed by atoms with Crippen LogP contribution in [0.4, 0.5) is 68.2 Å². The molecule has 0 amide bonds. The standard InChI is InChI=1S/C84H55B2N5S2/c1-8-28-56(29-9-1)81-72(48-49-73-82(81)65-42-22-25-45-70(65)89(73)61-38-18-6-19-39-61)91-74-55-78-69(86-67-44-24-27-47-77(67)92-79-52-64(53-80(93-78)84(79)86)88(59-34-14-4-15-35-59)60-36-16-5-17-37-60)54-68(74)85-66-43-23-26-46-71(66)90(62-40-20-7-21-41-62)75-50-63(51-76(91)83(75)85)87(57-30-10-2-11-31-57)58-32-12-3-13-33-58/h1-55H. The molecule has 1 aromatic heterocycles. The molecule has 0 N–H and O–H groups in total. The van der Waals surface area contributed by atoms with Crippen LogP contribution in [0.25, 0.3) is 38.6 Å². The lowest BCUT2D eigenvalue weighted by molar-refractivity contribution is 1.18. The van der Waals surface area contributed by atoms with Crippen molar-refractivity contribution in [1.82, 2.24) is 4.57 Å². The highest BCUT2D eigenvalue weighted by Crippen LogP contribution is 2.54. The molecule has 0 saturated carbocycles. The van der Waals surface area contributed by atoms with Gasteiger partial charge in [-0.15, -0.1) is 0 Å². The molecule has 19 rings (SSSR count). The fourth-order valence-electron chi connectivity index (χ4n) is 15.4. The van der Waals surface area contributed by atoms with E-state index in [9.17, 15) is 0 Å². The van der Waals surface area contributed by atoms with E-state index in [-0.39, 0.29) is 13.4 Å². The molecule has 434 valence electrons. The lowest BCUT2D eigenvalue weighted by Gasteiger charge is -2.46. The number of hydrogen-bond donors (Lipinski definition) is 0. The van der Waals surface area contributed by atoms with Gasteiger partial charge in [-0.1, -0.05) is 235 Å². The van der Waals surface area contributed by atoms with E-state index in [1.165, 1.54) is 74.4 Å². The summed E-state index contributed by atoms with van der Waals surface area (Å²) in [4.78, 5) is 15.2. The molecule has 0 bridgehead atoms. The van der Waals surface area contributed by atoms with E-state index in [4.69, 9.17) is 0 Å². The predicted molar refractivity (Wildman–Crippen MR) is 395 cm³/mol. The Balaban J connectivity index is 0.945. The van der Waals surface area contributed by atoms with Crippen molar-refractivity contribution in [3.8, 4) is 16.8 Å². The van der Waals surface area contributed by atoms with Crippen LogP contribution >= 0.6 is 23.5 Å². The summed E-state index contributed by atoms with van der Waals surface area (Å²) >= 11 is 3.84. The van der Waals surface area contributed by atoms with Gasteiger partial charge in [-0.05, 0) is 161 Å². The highest BCUT2D eigenvalue weighted by atomic mass is 32.2. The third-order valence-electron chi connectivity index (χ3n) is 19.2. The van der Waals surface area contributed by atoms with Crippen molar-refractivity contribution in [1.29, 1.82) is 0 Å². The summed E-state index contributed by atoms with van der Waals surface area (Å²) in [7, 11) is 0. The maximum Gasteiger partial charge on any atom is 0.252 e. The van der Waals surface area contributed by atoms with Crippen molar-refractivity contribution in [2.45, 2.75) is 19.6 Å². The minimum absolute atomic E-state index is 0.0213. The second-order valence-electron chi connectivity index (χ2n) is 24.3. The zero-order valence-electron chi connectivity index (χ0n) is 50.5. The summed E-state index contributed by atoms with van der Waals surface area (Å²) in [5.74, 6) is 0. The first kappa shape index (κ1) is 53.7. The number of benzene rings is 14. The fraction of sp³-hybridized carbons (Fsp3) is 0. The molecule has 15 aromatic rings. The molecule has 0 radical (unpaired) electrons. The van der Waals surface area contributed by atoms with Crippen LogP contribution in [0, 0.1) is 0 Å². The van der Waals surface area contributed by atoms with E-state index >= 15 is 0 Å². The van der Waals surface area contributed by atoms with Gasteiger partial charge in [0.05, 0.1) is 22.4 Å². The van der Waals surface area contributed by atoms with Crippen molar-refractivity contribution in [2.75, 3.05) is 19.6 Å². The van der Waals surface area contributed by atoms with Gasteiger partial charge in [0.2, 0.25) is 6.71 Å². The van der Waals surface area contributed by atoms with Gasteiger partial charge in [0.15, 0.2) is 0 Å². The first-order valence-corrected chi connectivity index (χ1v) is 33.5. The Bertz CT molecular complexity index is 5350. The SMILES string of the molecule is c1ccc(-c2c(N3c4cc5c(cc4B4c6ccccc6N(c6ccccc6)c6cc(N(c7ccccc7)c7ccccc7)cc3c64)B3c4ccccc4Sc4cc(N(c6ccccc6)c6ccccc6)cc(c43)S5)ccc3c2c2ccccc2n3-c2ccccc2)cc1. The zero-order chi connectivity index (χ0) is 61.1. The number of nitrogens with zero attached hydrogens (tertiary/aromatic N) is 5. The molecular formula is C84H55B2N5S2. The minimum Gasteiger partial charge on any atom is -0.311 e. The predicted octanol–water partition coefficient (Wildman–Crippen LogP) is 18.9. The molecule has 0 atom stereocenters. The topological polar surface area (TPSA) is 17.9 Å². The maximum atomic E-state index is 2.69. The first-order chi connectivity index (χ1) is 46.2. The summed E-state index contributed by atoms with van der Waals surface area (Å²) in [6, 6.07) is 124. The number of aromatic nitrogens is 1. The number of anilines is 12. The smallest absolute Gasteiger partial charge is 0.252 e. The van der Waals surface area contributed by atoms with E-state index in [1.807, 2.05) is 23.5 Å². The zero-order valence-corrected chi connectivity index (χ0v) is 52.1. The molecule has 5 nitrogen and oxygen atoms in total. The molecule has 4 aliphatic rings. The molecular weight excluding hydrogens is 1160 g/mol. The summed E-state index contributed by atoms with van der Waals surface area (Å²) in [5, 5.41) is 2.40. The van der Waals surface area contributed by atoms with E-state index in [0.29, 0.717) is 0 Å². The van der Waals surface area contributed by atoms with E-state index < -0.39 is 0 Å². The lowest BCUT2D eigenvalue weighted by atomic mass is 9.31. The Morgan fingerprint density at radius 3 is 1.38 bits per heavy atom. The fourth-order valence-corrected chi connectivity index (χ4v) is 17.9. The Labute approximate surface area is 550 Å². The highest BCUT2D eigenvalue weighted by Gasteiger charge is 2.47. The van der Waals surface area contributed by atoms with Gasteiger partial charge < -0.3 is 24.2 Å². The van der Waals surface area contributed by atoms with Crippen molar-refractivity contribution >= 4 is 160 Å². The second kappa shape index (κ2) is 21.8. The average Bonchev–Trinajstić information content (AvgIpc) is 1.01. The first-order valence-electron chi connectivity index (χ1n) is 31.9. The second-order valence-corrected chi connectivity index (χ2v) is 26.5. The van der Waals surface area contributed by atoms with Crippen molar-refractivity contribution in [2.24, 2.45) is 0 Å². The molecule has 9 heteroatoms. The van der Waals surface area contributed by atoms with Gasteiger partial charge in [0, 0.05) is 98.5 Å². The van der Waals surface area contributed by atoms with Gasteiger partial charge >= 0.3 is 0 Å². The Morgan fingerprint density at radius 2 is 0.753 bits per heavy atom. The van der Waals surface area contributed by atoms with Crippen LogP contribution in [-0.2, 0) is 0 Å². The number of fused-ring (bicyclic) bond motifs is 11. The van der Waals surface area contributed by atoms with E-state index in [2.05, 4.69) is 358 Å². The molecule has 0 spiro atoms. The third-order valence-corrected chi connectivity index (χ3v) is 21.5. The molecule has 14 aromatic carbocycles. The van der Waals surface area contributed by atoms with Crippen molar-refractivity contribution in [3.05, 3.63) is 334 Å². The number of para-hydroxylation sites is 8. The van der Waals surface area contributed by atoms with Crippen LogP contribution in [0.3, 0.4) is 0 Å². The van der Waals surface area contributed by atoms with E-state index in [0.717, 1.165) is 84.8 Å². The molecule has 0 aliphatic carbocycles. The maximum absolute atomic E-state index is 2.69. The van der Waals surface area contributed by atoms with Crippen molar-refractivity contribution < 1.29 is 0 Å². The van der Waals surface area contributed by atoms with Crippen LogP contribution in [0.15, 0.2) is 353 Å². The lowest BCUT2D eigenvalue weighted by Crippen LogP contribution is -2.64. The molecule has 93 heavy (non-hydrogen) atoms. The normalized spacial score (nSPS) is 13.0. The quantitative estimate of drug-likeness (QED) is 0.126. The van der Waals surface area contributed by atoms with Gasteiger partial charge in [-0.2, -0.15) is 0 Å². The minimum atomic E-state index is -0.158. The number of hydrogen-bond acceptors (Lipinski definition) is 6. The monoisotopic (exact) mass is 1220 g/mol. The van der Waals surface area contributed by atoms with Crippen LogP contribution < -0.4 is 52.4 Å². The largest absolute Gasteiger partial charge is 0.311 e. The molecule has 4 aliphatic heterocycles. The van der Waals surface area contributed by atoms with Gasteiger partial charge in [-0.3, -0.25) is 0 Å². The van der Waals surface area contributed by atoms with Crippen molar-refractivity contribution in [3.63, 3.8) is 0 Å². The summed E-state index contributed by atoms with van der Waals surface area (Å²) in [5.41, 5.74) is 27.0. The van der Waals surface area contributed by atoms with Gasteiger partial charge in [0.1, 0.15) is 0 Å². The summed E-state index contributed by atoms with van der Waals surface area (Å²) in [6.45, 7) is -0.179. The van der Waals surface area contributed by atoms with Gasteiger partial charge in [-0.25, -0.2) is 0 Å². The molecule has 0 saturated heterocycles. The van der Waals surface area contributed by atoms with Gasteiger partial charge in [0.25, 0.3) is 6.71 Å². The van der Waals surface area contributed by atoms with Crippen LogP contribution in [0.5, 0.6) is 0 Å². The molecule has 0 unspecified atom stereocenters. The third kappa shape index (κ3) is 8.54. The highest BCUT2D eigenvalue weighted by molar-refractivity contribution is 8.01. The summed E-state index contributed by atoms with van der Waals surface area (Å²) in [6.07, 6.45) is 0. The molecule has 0 fully saturated rings. The number of rotatable bonds is 10. The Hall–Kier alpha value is -11.1. The van der Waals surface area contributed by atoms with Crippen LogP contribution in [-0.4, -0.2) is 18.0 Å². The molecule has 5 heterocycles.